The van der Waals surface area contributed by atoms with Crippen LogP contribution in [-0.2, 0) is 13.1 Å². The van der Waals surface area contributed by atoms with Gasteiger partial charge in [0.05, 0.1) is 11.1 Å². The third kappa shape index (κ3) is 4.36. The second-order valence-electron chi connectivity index (χ2n) is 8.00. The van der Waals surface area contributed by atoms with Gasteiger partial charge in [0, 0.05) is 43.3 Å². The molecule has 0 radical (unpaired) electrons. The number of nitrogens with zero attached hydrogens (tertiary/aromatic N) is 2. The average Bonchev–Trinajstić information content (AvgIpc) is 3.18. The number of hydrogen-bond acceptors (Lipinski definition) is 2. The van der Waals surface area contributed by atoms with Crippen LogP contribution in [0.2, 0.25) is 0 Å². The molecule has 1 aromatic heterocycles. The smallest absolute Gasteiger partial charge is 0.265 e. The van der Waals surface area contributed by atoms with Crippen LogP contribution >= 0.6 is 12.4 Å². The predicted molar refractivity (Wildman–Crippen MR) is 122 cm³/mol. The molecule has 0 spiro atoms. The number of rotatable bonds is 5. The van der Waals surface area contributed by atoms with Gasteiger partial charge in [0.15, 0.2) is 0 Å². The number of aromatic nitrogens is 1. The zero-order chi connectivity index (χ0) is 22.1. The summed E-state index contributed by atoms with van der Waals surface area (Å²) >= 11 is 0. The van der Waals surface area contributed by atoms with Crippen LogP contribution in [-0.4, -0.2) is 28.5 Å². The van der Waals surface area contributed by atoms with Gasteiger partial charge < -0.3 is 15.2 Å². The van der Waals surface area contributed by atoms with Gasteiger partial charge in [-0.3, -0.25) is 4.79 Å². The zero-order valence-corrected chi connectivity index (χ0v) is 18.7. The molecule has 3 aromatic rings. The summed E-state index contributed by atoms with van der Waals surface area (Å²) in [5, 5.41) is 0.550. The molecular weight excluding hydrogens is 439 g/mol. The van der Waals surface area contributed by atoms with Crippen molar-refractivity contribution in [3.05, 3.63) is 70.7 Å². The largest absolute Gasteiger partial charge is 0.347 e. The number of likely N-dealkylation sites (tertiary alicyclic amines) is 1. The molecule has 4 nitrogen and oxygen atoms in total. The average molecular weight is 466 g/mol. The molecule has 1 aliphatic heterocycles. The summed E-state index contributed by atoms with van der Waals surface area (Å²) in [5.41, 5.74) is 8.02. The van der Waals surface area contributed by atoms with E-state index in [4.69, 9.17) is 5.73 Å². The van der Waals surface area contributed by atoms with Crippen LogP contribution in [0.3, 0.4) is 0 Å². The fourth-order valence-electron chi connectivity index (χ4n) is 4.58. The van der Waals surface area contributed by atoms with Gasteiger partial charge in [0.2, 0.25) is 0 Å². The van der Waals surface area contributed by atoms with Gasteiger partial charge in [-0.05, 0) is 42.9 Å². The van der Waals surface area contributed by atoms with Crippen LogP contribution in [0.5, 0.6) is 0 Å². The summed E-state index contributed by atoms with van der Waals surface area (Å²) in [6, 6.07) is 9.66. The fourth-order valence-corrected chi connectivity index (χ4v) is 4.58. The molecule has 1 saturated heterocycles. The Morgan fingerprint density at radius 3 is 2.53 bits per heavy atom. The fraction of sp³-hybridized carbons (Fsp3) is 0.375. The van der Waals surface area contributed by atoms with Crippen molar-refractivity contribution in [1.82, 2.24) is 9.47 Å². The van der Waals surface area contributed by atoms with E-state index in [2.05, 4.69) is 0 Å². The number of nitrogens with two attached hydrogens (primary N) is 1. The highest BCUT2D eigenvalue weighted by molar-refractivity contribution is 6.07. The Morgan fingerprint density at radius 2 is 1.91 bits per heavy atom. The Hall–Kier alpha value is -2.51. The molecule has 172 valence electrons. The molecule has 1 aliphatic rings. The maximum atomic E-state index is 14.3. The van der Waals surface area contributed by atoms with Crippen molar-refractivity contribution in [2.45, 2.75) is 45.2 Å². The van der Waals surface area contributed by atoms with Crippen LogP contribution in [0.4, 0.5) is 13.2 Å². The van der Waals surface area contributed by atoms with Crippen molar-refractivity contribution in [2.24, 2.45) is 5.73 Å². The van der Waals surface area contributed by atoms with Gasteiger partial charge in [-0.2, -0.15) is 0 Å². The van der Waals surface area contributed by atoms with Crippen molar-refractivity contribution < 1.29 is 18.0 Å². The summed E-state index contributed by atoms with van der Waals surface area (Å²) in [7, 11) is 0. The van der Waals surface area contributed by atoms with Crippen molar-refractivity contribution in [1.29, 1.82) is 0 Å². The first-order valence-electron chi connectivity index (χ1n) is 10.6. The Balaban J connectivity index is 0.00000289. The topological polar surface area (TPSA) is 51.3 Å². The molecular formula is C24H27ClF3N3O. The van der Waals surface area contributed by atoms with E-state index in [0.717, 1.165) is 5.56 Å². The number of para-hydroxylation sites is 1. The molecule has 2 heterocycles. The van der Waals surface area contributed by atoms with Crippen LogP contribution in [0.25, 0.3) is 10.9 Å². The summed E-state index contributed by atoms with van der Waals surface area (Å²) < 4.78 is 43.1. The highest BCUT2D eigenvalue weighted by Gasteiger charge is 2.28. The second kappa shape index (κ2) is 9.96. The third-order valence-electron chi connectivity index (χ3n) is 6.25. The third-order valence-corrected chi connectivity index (χ3v) is 6.25. The quantitative estimate of drug-likeness (QED) is 0.530. The lowest BCUT2D eigenvalue weighted by atomic mass is 9.88. The molecule has 2 N–H and O–H groups in total. The number of halogens is 4. The van der Waals surface area contributed by atoms with Crippen LogP contribution in [0, 0.1) is 5.82 Å². The highest BCUT2D eigenvalue weighted by Crippen LogP contribution is 2.34. The number of carbonyl (C=O) groups excluding carboxylic acids is 1. The number of aryl methyl sites for hydroxylation is 1. The van der Waals surface area contributed by atoms with E-state index in [1.807, 2.05) is 13.0 Å². The minimum absolute atomic E-state index is 0. The lowest BCUT2D eigenvalue weighted by molar-refractivity contribution is 0.0714. The Bertz CT molecular complexity index is 1110. The maximum Gasteiger partial charge on any atom is 0.265 e. The molecule has 1 amide bonds. The van der Waals surface area contributed by atoms with Crippen LogP contribution in [0.15, 0.2) is 42.6 Å². The Morgan fingerprint density at radius 1 is 1.19 bits per heavy atom. The highest BCUT2D eigenvalue weighted by atomic mass is 35.5. The molecule has 0 bridgehead atoms. The van der Waals surface area contributed by atoms with Crippen LogP contribution < -0.4 is 5.73 Å². The molecule has 0 atom stereocenters. The standard InChI is InChI=1S/C24H26F3N3O.ClH/c1-2-29-14-20(17-4-3-5-18(22(17)29)23(26)27)24(31)30-10-8-16(9-11-30)19-12-15(13-28)6-7-21(19)25;/h3-7,12,14,16,23H,2,8-11,13,28H2,1H3;1H. The number of carbonyl (C=O) groups is 1. The van der Waals surface area contributed by atoms with Gasteiger partial charge in [-0.15, -0.1) is 12.4 Å². The molecule has 0 aliphatic carbocycles. The van der Waals surface area contributed by atoms with Crippen molar-refractivity contribution in [3.63, 3.8) is 0 Å². The summed E-state index contributed by atoms with van der Waals surface area (Å²) in [6.45, 7) is 3.69. The SMILES string of the molecule is CCn1cc(C(=O)N2CCC(c3cc(CN)ccc3F)CC2)c2cccc(C(F)F)c21.Cl. The molecule has 0 unspecified atom stereocenters. The lowest BCUT2D eigenvalue weighted by Gasteiger charge is -2.32. The minimum atomic E-state index is -2.61. The normalized spacial score (nSPS) is 14.8. The van der Waals surface area contributed by atoms with Gasteiger partial charge in [-0.1, -0.05) is 30.3 Å². The number of fused-ring (bicyclic) bond motifs is 1. The first-order valence-corrected chi connectivity index (χ1v) is 10.6. The van der Waals surface area contributed by atoms with E-state index < -0.39 is 6.43 Å². The monoisotopic (exact) mass is 465 g/mol. The second-order valence-corrected chi connectivity index (χ2v) is 8.00. The summed E-state index contributed by atoms with van der Waals surface area (Å²) in [6.07, 6.45) is 0.355. The first-order chi connectivity index (χ1) is 14.9. The number of benzene rings is 2. The van der Waals surface area contributed by atoms with Crippen molar-refractivity contribution in [3.8, 4) is 0 Å². The van der Waals surface area contributed by atoms with Gasteiger partial charge >= 0.3 is 0 Å². The van der Waals surface area contributed by atoms with Crippen molar-refractivity contribution in [2.75, 3.05) is 13.1 Å². The number of piperidine rings is 1. The van der Waals surface area contributed by atoms with E-state index in [1.165, 1.54) is 12.1 Å². The number of hydrogen-bond donors (Lipinski definition) is 1. The molecule has 32 heavy (non-hydrogen) atoms. The van der Waals surface area contributed by atoms with E-state index >= 15 is 0 Å². The maximum absolute atomic E-state index is 14.3. The predicted octanol–water partition coefficient (Wildman–Crippen LogP) is 5.64. The Labute approximate surface area is 191 Å². The minimum Gasteiger partial charge on any atom is -0.347 e. The summed E-state index contributed by atoms with van der Waals surface area (Å²) in [5.74, 6) is -0.385. The van der Waals surface area contributed by atoms with Gasteiger partial charge in [0.1, 0.15) is 5.82 Å². The van der Waals surface area contributed by atoms with Crippen molar-refractivity contribution >= 4 is 29.2 Å². The molecule has 0 saturated carbocycles. The zero-order valence-electron chi connectivity index (χ0n) is 17.9. The number of amides is 1. The summed E-state index contributed by atoms with van der Waals surface area (Å²) in [4.78, 5) is 15.0. The van der Waals surface area contributed by atoms with E-state index in [9.17, 15) is 18.0 Å². The molecule has 2 aromatic carbocycles. The number of alkyl halides is 2. The van der Waals surface area contributed by atoms with E-state index in [-0.39, 0.29) is 35.6 Å². The van der Waals surface area contributed by atoms with Crippen LogP contribution in [0.1, 0.15) is 59.2 Å². The molecule has 4 rings (SSSR count). The van der Waals surface area contributed by atoms with E-state index in [0.29, 0.717) is 61.1 Å². The molecule has 8 heteroatoms. The first kappa shape index (κ1) is 24.1. The Kier molecular flexibility index (Phi) is 7.51. The lowest BCUT2D eigenvalue weighted by Crippen LogP contribution is -2.38. The van der Waals surface area contributed by atoms with Gasteiger partial charge in [0.25, 0.3) is 12.3 Å². The molecule has 1 fully saturated rings. The van der Waals surface area contributed by atoms with Gasteiger partial charge in [-0.25, -0.2) is 13.2 Å². The van der Waals surface area contributed by atoms with E-state index in [1.54, 1.807) is 33.9 Å².